The van der Waals surface area contributed by atoms with E-state index in [9.17, 15) is 13.2 Å². The van der Waals surface area contributed by atoms with Crippen LogP contribution in [0.25, 0.3) is 0 Å². The lowest BCUT2D eigenvalue weighted by molar-refractivity contribution is -0.146. The van der Waals surface area contributed by atoms with Crippen molar-refractivity contribution in [1.29, 1.82) is 0 Å². The van der Waals surface area contributed by atoms with Crippen LogP contribution in [0.3, 0.4) is 0 Å². The first-order valence-corrected chi connectivity index (χ1v) is 12.6. The van der Waals surface area contributed by atoms with Gasteiger partial charge in [-0.2, -0.15) is 13.2 Å². The van der Waals surface area contributed by atoms with Crippen molar-refractivity contribution in [3.8, 4) is 0 Å². The molecule has 1 unspecified atom stereocenters. The minimum atomic E-state index is -4.19. The lowest BCUT2D eigenvalue weighted by Crippen LogP contribution is -2.48. The highest BCUT2D eigenvalue weighted by molar-refractivity contribution is 7.98. The number of thiophene rings is 1. The topological polar surface area (TPSA) is 27.7 Å². The molecule has 2 aromatic rings. The number of piperazine rings is 1. The summed E-state index contributed by atoms with van der Waals surface area (Å²) in [7, 11) is 0. The van der Waals surface area contributed by atoms with Gasteiger partial charge < -0.3 is 15.0 Å². The highest BCUT2D eigenvalue weighted by atomic mass is 32.2. The SMILES string of the molecule is CC(C)NC1COC1.CC(c1ccc(N2CCN(Sc3cccs3)CC2)cc1)C(F)(F)F. The maximum atomic E-state index is 12.8. The van der Waals surface area contributed by atoms with E-state index in [2.05, 4.69) is 39.8 Å². The van der Waals surface area contributed by atoms with E-state index in [4.69, 9.17) is 4.74 Å². The molecule has 2 saturated heterocycles. The van der Waals surface area contributed by atoms with Gasteiger partial charge in [0, 0.05) is 37.9 Å². The summed E-state index contributed by atoms with van der Waals surface area (Å²) in [6, 6.07) is 12.2. The highest BCUT2D eigenvalue weighted by Gasteiger charge is 2.36. The molecule has 1 atom stereocenters. The van der Waals surface area contributed by atoms with Crippen molar-refractivity contribution in [3.63, 3.8) is 0 Å². The Morgan fingerprint density at radius 3 is 2.12 bits per heavy atom. The Kier molecular flexibility index (Phi) is 9.31. The van der Waals surface area contributed by atoms with Crippen molar-refractivity contribution in [3.05, 3.63) is 47.3 Å². The van der Waals surface area contributed by atoms with Gasteiger partial charge in [0.15, 0.2) is 0 Å². The smallest absolute Gasteiger partial charge is 0.378 e. The van der Waals surface area contributed by atoms with Gasteiger partial charge in [-0.05, 0) is 48.0 Å². The maximum absolute atomic E-state index is 12.8. The molecule has 0 bridgehead atoms. The molecule has 3 heterocycles. The number of ether oxygens (including phenoxy) is 1. The van der Waals surface area contributed by atoms with E-state index in [1.807, 2.05) is 6.07 Å². The molecule has 1 aromatic carbocycles. The molecule has 0 radical (unpaired) electrons. The maximum Gasteiger partial charge on any atom is 0.395 e. The van der Waals surface area contributed by atoms with Crippen molar-refractivity contribution in [1.82, 2.24) is 9.62 Å². The number of nitrogens with one attached hydrogen (secondary N) is 1. The van der Waals surface area contributed by atoms with Gasteiger partial charge in [0.2, 0.25) is 0 Å². The predicted molar refractivity (Wildman–Crippen MR) is 128 cm³/mol. The zero-order valence-electron chi connectivity index (χ0n) is 18.8. The summed E-state index contributed by atoms with van der Waals surface area (Å²) in [5.74, 6) is -1.43. The molecule has 0 saturated carbocycles. The summed E-state index contributed by atoms with van der Waals surface area (Å²) in [5, 5.41) is 5.43. The second kappa shape index (κ2) is 11.7. The number of alkyl halides is 3. The molecule has 178 valence electrons. The van der Waals surface area contributed by atoms with E-state index in [0.717, 1.165) is 45.1 Å². The fraction of sp³-hybridized carbons (Fsp3) is 0.565. The van der Waals surface area contributed by atoms with Gasteiger partial charge in [-0.1, -0.05) is 32.0 Å². The predicted octanol–water partition coefficient (Wildman–Crippen LogP) is 5.63. The van der Waals surface area contributed by atoms with Crippen molar-refractivity contribution in [2.24, 2.45) is 0 Å². The molecule has 0 spiro atoms. The van der Waals surface area contributed by atoms with Crippen LogP contribution in [0, 0.1) is 0 Å². The van der Waals surface area contributed by atoms with Crippen LogP contribution in [0.5, 0.6) is 0 Å². The molecule has 2 aliphatic heterocycles. The Bertz CT molecular complexity index is 788. The molecule has 1 aromatic heterocycles. The third-order valence-electron chi connectivity index (χ3n) is 5.41. The fourth-order valence-corrected chi connectivity index (χ4v) is 5.29. The Hall–Kier alpha value is -1.26. The third kappa shape index (κ3) is 7.66. The Labute approximate surface area is 197 Å². The zero-order chi connectivity index (χ0) is 23.1. The van der Waals surface area contributed by atoms with Crippen LogP contribution < -0.4 is 10.2 Å². The van der Waals surface area contributed by atoms with E-state index in [0.29, 0.717) is 17.6 Å². The Morgan fingerprint density at radius 1 is 1.03 bits per heavy atom. The van der Waals surface area contributed by atoms with Crippen molar-refractivity contribution < 1.29 is 17.9 Å². The summed E-state index contributed by atoms with van der Waals surface area (Å²) in [6.07, 6.45) is -4.19. The second-order valence-corrected chi connectivity index (χ2v) is 10.7. The van der Waals surface area contributed by atoms with Crippen LogP contribution in [0.2, 0.25) is 0 Å². The number of benzene rings is 1. The van der Waals surface area contributed by atoms with E-state index < -0.39 is 12.1 Å². The monoisotopic (exact) mass is 487 g/mol. The highest BCUT2D eigenvalue weighted by Crippen LogP contribution is 2.35. The van der Waals surface area contributed by atoms with E-state index in [1.165, 1.54) is 11.1 Å². The lowest BCUT2D eigenvalue weighted by Gasteiger charge is -2.35. The lowest BCUT2D eigenvalue weighted by atomic mass is 10.0. The van der Waals surface area contributed by atoms with Crippen LogP contribution in [0.4, 0.5) is 18.9 Å². The minimum absolute atomic E-state index is 0.318. The first-order chi connectivity index (χ1) is 15.2. The number of rotatable bonds is 6. The summed E-state index contributed by atoms with van der Waals surface area (Å²) < 4.78 is 46.9. The molecule has 32 heavy (non-hydrogen) atoms. The number of halogens is 3. The van der Waals surface area contributed by atoms with E-state index >= 15 is 0 Å². The molecule has 0 aliphatic carbocycles. The average Bonchev–Trinajstić information content (AvgIpc) is 3.24. The quantitative estimate of drug-likeness (QED) is 0.534. The van der Waals surface area contributed by atoms with Crippen LogP contribution in [-0.4, -0.2) is 62.0 Å². The standard InChI is InChI=1S/C17H19F3N2S2.C6H13NO/c1-13(17(18,19)20)14-4-6-15(7-5-14)21-8-10-22(11-9-21)24-16-3-2-12-23-16;1-5(2)7-6-3-8-4-6/h2-7,12-13H,8-11H2,1H3;5-7H,3-4H2,1-2H3. The van der Waals surface area contributed by atoms with Gasteiger partial charge in [-0.25, -0.2) is 4.31 Å². The first-order valence-electron chi connectivity index (χ1n) is 10.9. The average molecular weight is 488 g/mol. The van der Waals surface area contributed by atoms with E-state index in [-0.39, 0.29) is 0 Å². The molecule has 4 rings (SSSR count). The van der Waals surface area contributed by atoms with Crippen LogP contribution in [-0.2, 0) is 4.74 Å². The number of anilines is 1. The first kappa shape index (κ1) is 25.4. The largest absolute Gasteiger partial charge is 0.395 e. The van der Waals surface area contributed by atoms with Crippen molar-refractivity contribution in [2.75, 3.05) is 44.3 Å². The summed E-state index contributed by atoms with van der Waals surface area (Å²) in [5.41, 5.74) is 1.31. The number of hydrogen-bond donors (Lipinski definition) is 1. The molecule has 1 N–H and O–H groups in total. The molecule has 9 heteroatoms. The van der Waals surface area contributed by atoms with Crippen molar-refractivity contribution in [2.45, 2.75) is 49.2 Å². The fourth-order valence-electron chi connectivity index (χ4n) is 3.45. The number of nitrogens with zero attached hydrogens (tertiary/aromatic N) is 2. The summed E-state index contributed by atoms with van der Waals surface area (Å²) in [4.78, 5) is 2.23. The van der Waals surface area contributed by atoms with Gasteiger partial charge in [0.1, 0.15) is 0 Å². The van der Waals surface area contributed by atoms with Gasteiger partial charge in [0.05, 0.1) is 29.4 Å². The Morgan fingerprint density at radius 2 is 1.69 bits per heavy atom. The van der Waals surface area contributed by atoms with Crippen LogP contribution in [0.1, 0.15) is 32.3 Å². The summed E-state index contributed by atoms with van der Waals surface area (Å²) >= 11 is 3.51. The summed E-state index contributed by atoms with van der Waals surface area (Å²) in [6.45, 7) is 10.9. The van der Waals surface area contributed by atoms with Crippen LogP contribution >= 0.6 is 23.3 Å². The normalized spacial score (nSPS) is 18.8. The van der Waals surface area contributed by atoms with Crippen molar-refractivity contribution >= 4 is 29.0 Å². The second-order valence-electron chi connectivity index (χ2n) is 8.35. The molecular weight excluding hydrogens is 455 g/mol. The van der Waals surface area contributed by atoms with E-state index in [1.54, 1.807) is 47.6 Å². The molecule has 2 aliphatic rings. The van der Waals surface area contributed by atoms with Gasteiger partial charge >= 0.3 is 6.18 Å². The number of hydrogen-bond acceptors (Lipinski definition) is 6. The van der Waals surface area contributed by atoms with Gasteiger partial charge in [-0.3, -0.25) is 0 Å². The minimum Gasteiger partial charge on any atom is -0.378 e. The molecule has 4 nitrogen and oxygen atoms in total. The molecule has 0 amide bonds. The Balaban J connectivity index is 0.000000305. The molecular formula is C23H32F3N3OS2. The van der Waals surface area contributed by atoms with Gasteiger partial charge in [0.25, 0.3) is 0 Å². The third-order valence-corrected chi connectivity index (χ3v) is 7.52. The zero-order valence-corrected chi connectivity index (χ0v) is 20.4. The van der Waals surface area contributed by atoms with Crippen LogP contribution in [0.15, 0.2) is 46.0 Å². The molecule has 2 fully saturated rings. The van der Waals surface area contributed by atoms with Gasteiger partial charge in [-0.15, -0.1) is 11.3 Å².